The van der Waals surface area contributed by atoms with Gasteiger partial charge >= 0.3 is 0 Å². The van der Waals surface area contributed by atoms with Gasteiger partial charge in [-0.2, -0.15) is 0 Å². The SMILES string of the molecule is C/C=C1/CN(CCC)CC[C@H]1C(=O)c1cc2ccccc2[nH]1. The molecule has 0 saturated carbocycles. The molecule has 116 valence electrons. The number of carbonyl (C=O) groups excluding carboxylic acids is 1. The summed E-state index contributed by atoms with van der Waals surface area (Å²) in [4.78, 5) is 18.6. The molecule has 0 aliphatic carbocycles. The molecule has 0 amide bonds. The quantitative estimate of drug-likeness (QED) is 0.683. The summed E-state index contributed by atoms with van der Waals surface area (Å²) >= 11 is 0. The first-order valence-corrected chi connectivity index (χ1v) is 8.22. The minimum atomic E-state index is 0.0335. The molecule has 1 aliphatic heterocycles. The molecule has 1 aromatic carbocycles. The number of nitrogens with zero attached hydrogens (tertiary/aromatic N) is 1. The Labute approximate surface area is 132 Å². The second kappa shape index (κ2) is 6.49. The molecule has 3 nitrogen and oxygen atoms in total. The molecule has 0 radical (unpaired) electrons. The van der Waals surface area contributed by atoms with Gasteiger partial charge in [-0.3, -0.25) is 9.69 Å². The molecule has 0 spiro atoms. The topological polar surface area (TPSA) is 36.1 Å². The van der Waals surface area contributed by atoms with Crippen molar-refractivity contribution >= 4 is 16.7 Å². The molecular formula is C19H24N2O. The number of fused-ring (bicyclic) bond motifs is 1. The lowest BCUT2D eigenvalue weighted by Crippen LogP contribution is -2.38. The lowest BCUT2D eigenvalue weighted by Gasteiger charge is -2.33. The van der Waals surface area contributed by atoms with Crippen molar-refractivity contribution < 1.29 is 4.79 Å². The number of hydrogen-bond donors (Lipinski definition) is 1. The summed E-state index contributed by atoms with van der Waals surface area (Å²) in [6, 6.07) is 10.1. The Hall–Kier alpha value is -1.87. The van der Waals surface area contributed by atoms with E-state index in [1.54, 1.807) is 0 Å². The molecule has 3 rings (SSSR count). The maximum absolute atomic E-state index is 12.9. The number of aromatic amines is 1. The van der Waals surface area contributed by atoms with E-state index in [2.05, 4.69) is 29.8 Å². The number of H-pyrrole nitrogens is 1. The lowest BCUT2D eigenvalue weighted by molar-refractivity contribution is 0.0895. The van der Waals surface area contributed by atoms with E-state index >= 15 is 0 Å². The number of benzene rings is 1. The number of ketones is 1. The van der Waals surface area contributed by atoms with Crippen LogP contribution in [0, 0.1) is 5.92 Å². The second-order valence-corrected chi connectivity index (χ2v) is 6.12. The maximum atomic E-state index is 12.9. The lowest BCUT2D eigenvalue weighted by atomic mass is 9.86. The molecule has 22 heavy (non-hydrogen) atoms. The number of Topliss-reactive ketones (excluding diaryl/α,β-unsaturated/α-hetero) is 1. The average molecular weight is 296 g/mol. The van der Waals surface area contributed by atoms with Gasteiger partial charge in [0.25, 0.3) is 0 Å². The summed E-state index contributed by atoms with van der Waals surface area (Å²) in [6.07, 6.45) is 4.22. The highest BCUT2D eigenvalue weighted by molar-refractivity contribution is 6.02. The van der Waals surface area contributed by atoms with E-state index in [-0.39, 0.29) is 11.7 Å². The van der Waals surface area contributed by atoms with Gasteiger partial charge < -0.3 is 4.98 Å². The molecule has 1 atom stereocenters. The zero-order chi connectivity index (χ0) is 15.5. The van der Waals surface area contributed by atoms with Crippen LogP contribution >= 0.6 is 0 Å². The van der Waals surface area contributed by atoms with Crippen LogP contribution in [0.2, 0.25) is 0 Å². The molecule has 2 heterocycles. The fourth-order valence-corrected chi connectivity index (χ4v) is 3.44. The van der Waals surface area contributed by atoms with Crippen LogP contribution in [0.15, 0.2) is 42.0 Å². The number of hydrogen-bond acceptors (Lipinski definition) is 2. The van der Waals surface area contributed by atoms with E-state index in [4.69, 9.17) is 0 Å². The summed E-state index contributed by atoms with van der Waals surface area (Å²) in [5.41, 5.74) is 3.05. The van der Waals surface area contributed by atoms with Gasteiger partial charge in [-0.25, -0.2) is 0 Å². The highest BCUT2D eigenvalue weighted by Gasteiger charge is 2.29. The minimum absolute atomic E-state index is 0.0335. The number of nitrogens with one attached hydrogen (secondary N) is 1. The Balaban J connectivity index is 1.82. The van der Waals surface area contributed by atoms with Crippen LogP contribution in [0.5, 0.6) is 0 Å². The Morgan fingerprint density at radius 1 is 1.41 bits per heavy atom. The van der Waals surface area contributed by atoms with Crippen molar-refractivity contribution in [2.45, 2.75) is 26.7 Å². The van der Waals surface area contributed by atoms with Crippen molar-refractivity contribution in [1.82, 2.24) is 9.88 Å². The van der Waals surface area contributed by atoms with Crippen molar-refractivity contribution in [2.75, 3.05) is 19.6 Å². The van der Waals surface area contributed by atoms with E-state index in [0.717, 1.165) is 49.1 Å². The van der Waals surface area contributed by atoms with Gasteiger partial charge in [-0.05, 0) is 50.6 Å². The van der Waals surface area contributed by atoms with Gasteiger partial charge in [-0.15, -0.1) is 0 Å². The largest absolute Gasteiger partial charge is 0.352 e. The van der Waals surface area contributed by atoms with Crippen molar-refractivity contribution in [3.05, 3.63) is 47.7 Å². The van der Waals surface area contributed by atoms with Crippen molar-refractivity contribution in [3.63, 3.8) is 0 Å². The molecule has 1 fully saturated rings. The highest BCUT2D eigenvalue weighted by Crippen LogP contribution is 2.27. The molecule has 0 unspecified atom stereocenters. The highest BCUT2D eigenvalue weighted by atomic mass is 16.1. The molecule has 1 aromatic heterocycles. The van der Waals surface area contributed by atoms with Crippen molar-refractivity contribution in [3.8, 4) is 0 Å². The van der Waals surface area contributed by atoms with Gasteiger partial charge in [0.15, 0.2) is 5.78 Å². The standard InChI is InChI=1S/C19H24N2O/c1-3-10-21-11-9-16(14(4-2)13-21)19(22)18-12-15-7-5-6-8-17(15)20-18/h4-8,12,16,20H,3,9-11,13H2,1-2H3/b14-4-/t16-/m1/s1. The number of piperidine rings is 1. The Bertz CT molecular complexity index is 665. The number of para-hydroxylation sites is 1. The third-order valence-electron chi connectivity index (χ3n) is 4.61. The fourth-order valence-electron chi connectivity index (χ4n) is 3.44. The Morgan fingerprint density at radius 2 is 2.23 bits per heavy atom. The van der Waals surface area contributed by atoms with Gasteiger partial charge in [0.1, 0.15) is 0 Å². The summed E-state index contributed by atoms with van der Waals surface area (Å²) in [5.74, 6) is 0.270. The van der Waals surface area contributed by atoms with Crippen LogP contribution in [-0.4, -0.2) is 35.3 Å². The summed E-state index contributed by atoms with van der Waals surface area (Å²) in [6.45, 7) is 7.32. The van der Waals surface area contributed by atoms with Gasteiger partial charge in [-0.1, -0.05) is 31.2 Å². The second-order valence-electron chi connectivity index (χ2n) is 6.12. The van der Waals surface area contributed by atoms with Crippen LogP contribution in [0.25, 0.3) is 10.9 Å². The smallest absolute Gasteiger partial charge is 0.186 e. The van der Waals surface area contributed by atoms with E-state index < -0.39 is 0 Å². The Morgan fingerprint density at radius 3 is 2.95 bits per heavy atom. The first-order valence-electron chi connectivity index (χ1n) is 8.22. The Kier molecular flexibility index (Phi) is 4.44. The molecule has 1 saturated heterocycles. The monoisotopic (exact) mass is 296 g/mol. The minimum Gasteiger partial charge on any atom is -0.352 e. The maximum Gasteiger partial charge on any atom is 0.186 e. The van der Waals surface area contributed by atoms with Crippen LogP contribution < -0.4 is 0 Å². The van der Waals surface area contributed by atoms with Gasteiger partial charge in [0, 0.05) is 23.4 Å². The predicted molar refractivity (Wildman–Crippen MR) is 91.2 cm³/mol. The first-order chi connectivity index (χ1) is 10.7. The van der Waals surface area contributed by atoms with Crippen LogP contribution in [0.3, 0.4) is 0 Å². The number of aromatic nitrogens is 1. The first kappa shape index (κ1) is 15.0. The number of carbonyl (C=O) groups is 1. The number of likely N-dealkylation sites (tertiary alicyclic amines) is 1. The molecule has 2 aromatic rings. The zero-order valence-corrected chi connectivity index (χ0v) is 13.4. The van der Waals surface area contributed by atoms with Crippen LogP contribution in [0.4, 0.5) is 0 Å². The zero-order valence-electron chi connectivity index (χ0n) is 13.4. The predicted octanol–water partition coefficient (Wildman–Crippen LogP) is 4.03. The van der Waals surface area contributed by atoms with Crippen LogP contribution in [-0.2, 0) is 0 Å². The van der Waals surface area contributed by atoms with E-state index in [9.17, 15) is 4.79 Å². The third kappa shape index (κ3) is 2.86. The van der Waals surface area contributed by atoms with E-state index in [1.165, 1.54) is 5.57 Å². The summed E-state index contributed by atoms with van der Waals surface area (Å²) < 4.78 is 0. The van der Waals surface area contributed by atoms with E-state index in [0.29, 0.717) is 0 Å². The number of allylic oxidation sites excluding steroid dienone is 1. The van der Waals surface area contributed by atoms with Gasteiger partial charge in [0.2, 0.25) is 0 Å². The van der Waals surface area contributed by atoms with Gasteiger partial charge in [0.05, 0.1) is 5.69 Å². The molecule has 3 heteroatoms. The summed E-state index contributed by atoms with van der Waals surface area (Å²) in [7, 11) is 0. The molecular weight excluding hydrogens is 272 g/mol. The molecule has 1 aliphatic rings. The van der Waals surface area contributed by atoms with Crippen molar-refractivity contribution in [1.29, 1.82) is 0 Å². The third-order valence-corrected chi connectivity index (χ3v) is 4.61. The van der Waals surface area contributed by atoms with E-state index in [1.807, 2.05) is 30.3 Å². The van der Waals surface area contributed by atoms with Crippen LogP contribution in [0.1, 0.15) is 37.2 Å². The number of rotatable bonds is 4. The normalized spacial score (nSPS) is 21.5. The molecule has 1 N–H and O–H groups in total. The van der Waals surface area contributed by atoms with Crippen molar-refractivity contribution in [2.24, 2.45) is 5.92 Å². The fraction of sp³-hybridized carbons (Fsp3) is 0.421. The molecule has 0 bridgehead atoms. The summed E-state index contributed by atoms with van der Waals surface area (Å²) in [5, 5.41) is 1.11. The average Bonchev–Trinajstić information content (AvgIpc) is 2.98.